The maximum atomic E-state index is 12.7. The van der Waals surface area contributed by atoms with E-state index in [1.165, 1.54) is 11.3 Å². The van der Waals surface area contributed by atoms with Crippen LogP contribution in [0, 0.1) is 0 Å². The molecule has 0 amide bonds. The van der Waals surface area contributed by atoms with E-state index >= 15 is 0 Å². The molecule has 0 atom stereocenters. The van der Waals surface area contributed by atoms with Crippen LogP contribution in [0.3, 0.4) is 0 Å². The third-order valence-corrected chi connectivity index (χ3v) is 6.63. The molecule has 1 N–H and O–H groups in total. The topological polar surface area (TPSA) is 68.3 Å². The Hall–Kier alpha value is -3.16. The lowest BCUT2D eigenvalue weighted by atomic mass is 10.1. The SMILES string of the molecule is COc1ccc(-c2csc(NS(=O)(=O)c3ccc(-c4ccccc4)cc3)n2)cc1. The van der Waals surface area contributed by atoms with E-state index in [1.807, 2.05) is 60.0 Å². The highest BCUT2D eigenvalue weighted by Gasteiger charge is 2.16. The number of nitrogens with zero attached hydrogens (tertiary/aromatic N) is 1. The molecule has 0 spiro atoms. The predicted molar refractivity (Wildman–Crippen MR) is 117 cm³/mol. The average Bonchev–Trinajstić information content (AvgIpc) is 3.22. The molecule has 0 aliphatic carbocycles. The van der Waals surface area contributed by atoms with Crippen LogP contribution in [0.25, 0.3) is 22.4 Å². The summed E-state index contributed by atoms with van der Waals surface area (Å²) in [7, 11) is -2.11. The standard InChI is InChI=1S/C22H18N2O3S2/c1-27-19-11-7-18(8-12-19)21-15-28-22(23-21)24-29(25,26)20-13-9-17(10-14-20)16-5-3-2-4-6-16/h2-15H,1H3,(H,23,24). The minimum absolute atomic E-state index is 0.193. The molecule has 0 fully saturated rings. The van der Waals surface area contributed by atoms with Crippen LogP contribution in [0.2, 0.25) is 0 Å². The van der Waals surface area contributed by atoms with Gasteiger partial charge >= 0.3 is 0 Å². The van der Waals surface area contributed by atoms with Crippen molar-refractivity contribution >= 4 is 26.5 Å². The van der Waals surface area contributed by atoms with Crippen LogP contribution >= 0.6 is 11.3 Å². The lowest BCUT2D eigenvalue weighted by Gasteiger charge is -2.07. The van der Waals surface area contributed by atoms with Gasteiger partial charge in [0.15, 0.2) is 5.13 Å². The molecule has 146 valence electrons. The molecule has 0 aliphatic rings. The molecule has 0 radical (unpaired) electrons. The van der Waals surface area contributed by atoms with Crippen LogP contribution in [-0.2, 0) is 10.0 Å². The molecule has 5 nitrogen and oxygen atoms in total. The summed E-state index contributed by atoms with van der Waals surface area (Å²) in [5, 5.41) is 2.14. The Balaban J connectivity index is 1.52. The molecule has 0 unspecified atom stereocenters. The van der Waals surface area contributed by atoms with Crippen molar-refractivity contribution in [3.8, 4) is 28.1 Å². The van der Waals surface area contributed by atoms with E-state index in [0.717, 1.165) is 22.4 Å². The van der Waals surface area contributed by atoms with Gasteiger partial charge in [-0.1, -0.05) is 42.5 Å². The number of rotatable bonds is 6. The molecule has 4 aromatic rings. The van der Waals surface area contributed by atoms with Crippen LogP contribution in [0.1, 0.15) is 0 Å². The van der Waals surface area contributed by atoms with Crippen LogP contribution in [0.4, 0.5) is 5.13 Å². The summed E-state index contributed by atoms with van der Waals surface area (Å²) in [6, 6.07) is 24.1. The number of nitrogens with one attached hydrogen (secondary N) is 1. The molecule has 29 heavy (non-hydrogen) atoms. The molecule has 0 saturated carbocycles. The first-order chi connectivity index (χ1) is 14.0. The Kier molecular flexibility index (Phi) is 5.33. The van der Waals surface area contributed by atoms with Gasteiger partial charge in [-0.15, -0.1) is 11.3 Å². The number of anilines is 1. The van der Waals surface area contributed by atoms with Gasteiger partial charge < -0.3 is 4.74 Å². The lowest BCUT2D eigenvalue weighted by Crippen LogP contribution is -2.12. The van der Waals surface area contributed by atoms with Crippen molar-refractivity contribution in [3.63, 3.8) is 0 Å². The quantitative estimate of drug-likeness (QED) is 0.459. The zero-order valence-electron chi connectivity index (χ0n) is 15.6. The number of methoxy groups -OCH3 is 1. The van der Waals surface area contributed by atoms with Crippen molar-refractivity contribution in [3.05, 3.63) is 84.2 Å². The van der Waals surface area contributed by atoms with Crippen LogP contribution < -0.4 is 9.46 Å². The van der Waals surface area contributed by atoms with Gasteiger partial charge in [-0.3, -0.25) is 4.72 Å². The molecule has 7 heteroatoms. The number of sulfonamides is 1. The van der Waals surface area contributed by atoms with E-state index in [9.17, 15) is 8.42 Å². The fourth-order valence-electron chi connectivity index (χ4n) is 2.85. The minimum atomic E-state index is -3.71. The first kappa shape index (κ1) is 19.2. The minimum Gasteiger partial charge on any atom is -0.497 e. The molecular formula is C22H18N2O3S2. The van der Waals surface area contributed by atoms with E-state index in [4.69, 9.17) is 4.74 Å². The highest BCUT2D eigenvalue weighted by molar-refractivity contribution is 7.93. The summed E-state index contributed by atoms with van der Waals surface area (Å²) in [4.78, 5) is 4.59. The molecule has 0 saturated heterocycles. The highest BCUT2D eigenvalue weighted by Crippen LogP contribution is 2.28. The number of ether oxygens (including phenoxy) is 1. The second-order valence-electron chi connectivity index (χ2n) is 6.26. The number of aromatic nitrogens is 1. The van der Waals surface area contributed by atoms with Gasteiger partial charge in [-0.2, -0.15) is 0 Å². The predicted octanol–water partition coefficient (Wildman–Crippen LogP) is 5.29. The lowest BCUT2D eigenvalue weighted by molar-refractivity contribution is 0.415. The van der Waals surface area contributed by atoms with E-state index in [0.29, 0.717) is 10.8 Å². The Morgan fingerprint density at radius 1 is 0.828 bits per heavy atom. The summed E-state index contributed by atoms with van der Waals surface area (Å²) in [5.41, 5.74) is 3.59. The number of hydrogen-bond acceptors (Lipinski definition) is 5. The smallest absolute Gasteiger partial charge is 0.263 e. The van der Waals surface area contributed by atoms with Gasteiger partial charge in [-0.05, 0) is 47.5 Å². The van der Waals surface area contributed by atoms with Crippen LogP contribution in [0.5, 0.6) is 5.75 Å². The van der Waals surface area contributed by atoms with Crippen molar-refractivity contribution in [2.75, 3.05) is 11.8 Å². The van der Waals surface area contributed by atoms with E-state index in [-0.39, 0.29) is 4.90 Å². The van der Waals surface area contributed by atoms with Crippen LogP contribution in [-0.4, -0.2) is 20.5 Å². The monoisotopic (exact) mass is 422 g/mol. The van der Waals surface area contributed by atoms with Gasteiger partial charge in [0.1, 0.15) is 5.75 Å². The van der Waals surface area contributed by atoms with Crippen molar-refractivity contribution < 1.29 is 13.2 Å². The maximum absolute atomic E-state index is 12.7. The third kappa shape index (κ3) is 4.31. The van der Waals surface area contributed by atoms with Crippen LogP contribution in [0.15, 0.2) is 89.1 Å². The Morgan fingerprint density at radius 2 is 1.45 bits per heavy atom. The van der Waals surface area contributed by atoms with Crippen molar-refractivity contribution in [1.82, 2.24) is 4.98 Å². The second-order valence-corrected chi connectivity index (χ2v) is 8.80. The van der Waals surface area contributed by atoms with Gasteiger partial charge in [0, 0.05) is 10.9 Å². The third-order valence-electron chi connectivity index (χ3n) is 4.38. The van der Waals surface area contributed by atoms with Crippen molar-refractivity contribution in [2.24, 2.45) is 0 Å². The number of benzene rings is 3. The summed E-state index contributed by atoms with van der Waals surface area (Å²) >= 11 is 1.24. The first-order valence-corrected chi connectivity index (χ1v) is 11.2. The average molecular weight is 423 g/mol. The normalized spacial score (nSPS) is 11.2. The Bertz CT molecular complexity index is 1200. The number of hydrogen-bond donors (Lipinski definition) is 1. The molecule has 1 aromatic heterocycles. The molecule has 0 aliphatic heterocycles. The van der Waals surface area contributed by atoms with Crippen molar-refractivity contribution in [1.29, 1.82) is 0 Å². The van der Waals surface area contributed by atoms with Gasteiger partial charge in [0.25, 0.3) is 10.0 Å². The molecule has 0 bridgehead atoms. The van der Waals surface area contributed by atoms with E-state index in [1.54, 1.807) is 31.4 Å². The second kappa shape index (κ2) is 8.06. The summed E-state index contributed by atoms with van der Waals surface area (Å²) in [5.74, 6) is 0.754. The van der Waals surface area contributed by atoms with Gasteiger partial charge in [-0.25, -0.2) is 13.4 Å². The fourth-order valence-corrected chi connectivity index (χ4v) is 4.82. The van der Waals surface area contributed by atoms with Gasteiger partial charge in [0.05, 0.1) is 17.7 Å². The zero-order valence-corrected chi connectivity index (χ0v) is 17.2. The van der Waals surface area contributed by atoms with E-state index < -0.39 is 10.0 Å². The highest BCUT2D eigenvalue weighted by atomic mass is 32.2. The van der Waals surface area contributed by atoms with Crippen molar-refractivity contribution in [2.45, 2.75) is 4.90 Å². The Morgan fingerprint density at radius 3 is 2.10 bits per heavy atom. The Labute approximate surface area is 173 Å². The summed E-state index contributed by atoms with van der Waals surface area (Å²) < 4.78 is 33.1. The molecule has 4 rings (SSSR count). The van der Waals surface area contributed by atoms with Gasteiger partial charge in [0.2, 0.25) is 0 Å². The zero-order chi connectivity index (χ0) is 20.3. The summed E-state index contributed by atoms with van der Waals surface area (Å²) in [6.45, 7) is 0. The fraction of sp³-hybridized carbons (Fsp3) is 0.0455. The first-order valence-electron chi connectivity index (χ1n) is 8.83. The number of thiazole rings is 1. The summed E-state index contributed by atoms with van der Waals surface area (Å²) in [6.07, 6.45) is 0. The largest absolute Gasteiger partial charge is 0.497 e. The molecular weight excluding hydrogens is 404 g/mol. The molecule has 3 aromatic carbocycles. The van der Waals surface area contributed by atoms with E-state index in [2.05, 4.69) is 9.71 Å². The molecule has 1 heterocycles. The maximum Gasteiger partial charge on any atom is 0.263 e.